The minimum absolute atomic E-state index is 0.0344. The van der Waals surface area contributed by atoms with Crippen molar-refractivity contribution in [2.75, 3.05) is 18.5 Å². The zero-order chi connectivity index (χ0) is 13.1. The number of hydrogen-bond acceptors (Lipinski definition) is 8. The molecule has 0 aliphatic carbocycles. The molecule has 1 atom stereocenters. The molecule has 0 amide bonds. The Labute approximate surface area is 109 Å². The lowest BCUT2D eigenvalue weighted by atomic mass is 10.2. The van der Waals surface area contributed by atoms with Gasteiger partial charge in [0.25, 0.3) is 5.89 Å². The van der Waals surface area contributed by atoms with Crippen LogP contribution in [0.2, 0.25) is 0 Å². The maximum atomic E-state index is 5.48. The van der Waals surface area contributed by atoms with Crippen LogP contribution in [0.25, 0.3) is 0 Å². The normalized spacial score (nSPS) is 18.9. The third-order valence-corrected chi connectivity index (χ3v) is 2.84. The van der Waals surface area contributed by atoms with Gasteiger partial charge in [-0.3, -0.25) is 0 Å². The first-order valence-electron chi connectivity index (χ1n) is 6.29. The van der Waals surface area contributed by atoms with E-state index in [2.05, 4.69) is 25.7 Å². The van der Waals surface area contributed by atoms with Crippen LogP contribution in [-0.2, 0) is 11.2 Å². The van der Waals surface area contributed by atoms with Crippen LogP contribution in [0.15, 0.2) is 8.94 Å². The summed E-state index contributed by atoms with van der Waals surface area (Å²) in [5.74, 6) is 1.75. The maximum absolute atomic E-state index is 5.48. The average Bonchev–Trinajstić information content (AvgIpc) is 3.09. The van der Waals surface area contributed by atoms with Crippen molar-refractivity contribution in [2.45, 2.75) is 32.3 Å². The Morgan fingerprint density at radius 3 is 3.05 bits per heavy atom. The number of hydrogen-bond donors (Lipinski definition) is 1. The van der Waals surface area contributed by atoms with Crippen molar-refractivity contribution >= 4 is 6.01 Å². The summed E-state index contributed by atoms with van der Waals surface area (Å²) in [6, 6.07) is 0.403. The summed E-state index contributed by atoms with van der Waals surface area (Å²) in [4.78, 5) is 4.32. The first-order chi connectivity index (χ1) is 9.31. The van der Waals surface area contributed by atoms with E-state index in [0.29, 0.717) is 36.6 Å². The molecule has 2 aromatic heterocycles. The van der Waals surface area contributed by atoms with Gasteiger partial charge in [-0.05, 0) is 12.8 Å². The fourth-order valence-electron chi connectivity index (χ4n) is 1.92. The molecule has 1 N–H and O–H groups in total. The molecule has 3 heterocycles. The Balaban J connectivity index is 1.50. The smallest absolute Gasteiger partial charge is 0.315 e. The Morgan fingerprint density at radius 2 is 2.32 bits per heavy atom. The van der Waals surface area contributed by atoms with Crippen LogP contribution in [0.3, 0.4) is 0 Å². The van der Waals surface area contributed by atoms with Crippen LogP contribution in [0, 0.1) is 6.92 Å². The number of rotatable bonds is 5. The minimum atomic E-state index is -0.0344. The van der Waals surface area contributed by atoms with Crippen LogP contribution >= 0.6 is 0 Å². The average molecular weight is 265 g/mol. The van der Waals surface area contributed by atoms with Crippen molar-refractivity contribution in [3.8, 4) is 0 Å². The molecule has 3 rings (SSSR count). The molecule has 1 saturated heterocycles. The van der Waals surface area contributed by atoms with E-state index < -0.39 is 0 Å². The second-order valence-corrected chi connectivity index (χ2v) is 4.35. The van der Waals surface area contributed by atoms with Gasteiger partial charge >= 0.3 is 6.01 Å². The third-order valence-electron chi connectivity index (χ3n) is 2.84. The monoisotopic (exact) mass is 265 g/mol. The number of nitrogens with one attached hydrogen (secondary N) is 1. The predicted octanol–water partition coefficient (Wildman–Crippen LogP) is 1.27. The largest absolute Gasteiger partial charge is 0.408 e. The summed E-state index contributed by atoms with van der Waals surface area (Å²) in [6.45, 7) is 3.11. The number of ether oxygens (including phenoxy) is 1. The second-order valence-electron chi connectivity index (χ2n) is 4.35. The van der Waals surface area contributed by atoms with E-state index in [1.54, 1.807) is 6.92 Å². The Kier molecular flexibility index (Phi) is 3.41. The summed E-state index contributed by atoms with van der Waals surface area (Å²) < 4.78 is 15.9. The van der Waals surface area contributed by atoms with Crippen LogP contribution in [0.1, 0.15) is 36.6 Å². The minimum Gasteiger partial charge on any atom is -0.408 e. The molecular weight excluding hydrogens is 250 g/mol. The van der Waals surface area contributed by atoms with Gasteiger partial charge in [-0.25, -0.2) is 0 Å². The summed E-state index contributed by atoms with van der Waals surface area (Å²) >= 11 is 0. The molecule has 0 spiro atoms. The Morgan fingerprint density at radius 1 is 1.37 bits per heavy atom. The van der Waals surface area contributed by atoms with Crippen LogP contribution < -0.4 is 5.32 Å². The lowest BCUT2D eigenvalue weighted by molar-refractivity contribution is 0.0835. The molecule has 2 aromatic rings. The lowest BCUT2D eigenvalue weighted by Gasteiger charge is -2.00. The van der Waals surface area contributed by atoms with Crippen LogP contribution in [0.4, 0.5) is 6.01 Å². The van der Waals surface area contributed by atoms with Crippen molar-refractivity contribution in [1.29, 1.82) is 0 Å². The van der Waals surface area contributed by atoms with Gasteiger partial charge in [0.2, 0.25) is 5.89 Å². The molecule has 0 saturated carbocycles. The van der Waals surface area contributed by atoms with Crippen molar-refractivity contribution < 1.29 is 13.7 Å². The van der Waals surface area contributed by atoms with Gasteiger partial charge in [-0.15, -0.1) is 5.10 Å². The summed E-state index contributed by atoms with van der Waals surface area (Å²) in [5, 5.41) is 14.5. The number of aromatic nitrogens is 4. The lowest BCUT2D eigenvalue weighted by Crippen LogP contribution is -2.06. The van der Waals surface area contributed by atoms with Crippen LogP contribution in [-0.4, -0.2) is 33.5 Å². The highest BCUT2D eigenvalue weighted by Gasteiger charge is 2.23. The van der Waals surface area contributed by atoms with Gasteiger partial charge in [0, 0.05) is 26.5 Å². The zero-order valence-electron chi connectivity index (χ0n) is 10.6. The first kappa shape index (κ1) is 12.1. The molecule has 102 valence electrons. The number of anilines is 1. The third kappa shape index (κ3) is 2.90. The molecule has 0 aromatic carbocycles. The molecule has 8 heteroatoms. The predicted molar refractivity (Wildman–Crippen MR) is 63.5 cm³/mol. The molecular formula is C11H15N5O3. The van der Waals surface area contributed by atoms with E-state index in [-0.39, 0.29) is 6.10 Å². The van der Waals surface area contributed by atoms with Gasteiger partial charge < -0.3 is 19.0 Å². The topological polar surface area (TPSA) is 99.1 Å². The number of aryl methyl sites for hydroxylation is 1. The highest BCUT2D eigenvalue weighted by atomic mass is 16.5. The standard InChI is InChI=1S/C11H15N5O3/c1-7-14-15-11(18-7)12-5-4-9-13-10(19-16-9)8-3-2-6-17-8/h8H,2-6H2,1H3,(H,12,15). The second kappa shape index (κ2) is 5.35. The summed E-state index contributed by atoms with van der Waals surface area (Å²) in [6.07, 6.45) is 2.58. The molecule has 19 heavy (non-hydrogen) atoms. The Bertz CT molecular complexity index is 532. The van der Waals surface area contributed by atoms with Gasteiger partial charge in [0.1, 0.15) is 6.10 Å². The van der Waals surface area contributed by atoms with E-state index in [0.717, 1.165) is 19.4 Å². The summed E-state index contributed by atoms with van der Waals surface area (Å²) in [7, 11) is 0. The van der Waals surface area contributed by atoms with Crippen molar-refractivity contribution in [3.05, 3.63) is 17.6 Å². The number of nitrogens with zero attached hydrogens (tertiary/aromatic N) is 4. The zero-order valence-corrected chi connectivity index (χ0v) is 10.6. The molecule has 8 nitrogen and oxygen atoms in total. The van der Waals surface area contributed by atoms with E-state index in [1.165, 1.54) is 0 Å². The quantitative estimate of drug-likeness (QED) is 0.862. The molecule has 1 aliphatic rings. The molecule has 1 fully saturated rings. The highest BCUT2D eigenvalue weighted by Crippen LogP contribution is 2.26. The SMILES string of the molecule is Cc1nnc(NCCc2noc(C3CCCO3)n2)o1. The van der Waals surface area contributed by atoms with Gasteiger partial charge in [0.05, 0.1) is 0 Å². The molecule has 0 radical (unpaired) electrons. The summed E-state index contributed by atoms with van der Waals surface area (Å²) in [5.41, 5.74) is 0. The fraction of sp³-hybridized carbons (Fsp3) is 0.636. The van der Waals surface area contributed by atoms with E-state index in [4.69, 9.17) is 13.7 Å². The molecule has 1 aliphatic heterocycles. The van der Waals surface area contributed by atoms with Crippen molar-refractivity contribution in [3.63, 3.8) is 0 Å². The van der Waals surface area contributed by atoms with E-state index >= 15 is 0 Å². The van der Waals surface area contributed by atoms with Crippen LogP contribution in [0.5, 0.6) is 0 Å². The fourth-order valence-corrected chi connectivity index (χ4v) is 1.92. The molecule has 0 bridgehead atoms. The van der Waals surface area contributed by atoms with E-state index in [1.807, 2.05) is 0 Å². The van der Waals surface area contributed by atoms with E-state index in [9.17, 15) is 0 Å². The first-order valence-corrected chi connectivity index (χ1v) is 6.29. The molecule has 1 unspecified atom stereocenters. The van der Waals surface area contributed by atoms with Gasteiger partial charge in [-0.1, -0.05) is 10.3 Å². The maximum Gasteiger partial charge on any atom is 0.315 e. The highest BCUT2D eigenvalue weighted by molar-refractivity contribution is 5.16. The van der Waals surface area contributed by atoms with Crippen molar-refractivity contribution in [2.24, 2.45) is 0 Å². The van der Waals surface area contributed by atoms with Gasteiger partial charge in [0.15, 0.2) is 5.82 Å². The van der Waals surface area contributed by atoms with Crippen molar-refractivity contribution in [1.82, 2.24) is 20.3 Å². The Hall–Kier alpha value is -1.96. The van der Waals surface area contributed by atoms with Gasteiger partial charge in [-0.2, -0.15) is 4.98 Å².